The summed E-state index contributed by atoms with van der Waals surface area (Å²) in [5.74, 6) is -27.1. The largest absolute Gasteiger partial charge is 0.353 e. The van der Waals surface area contributed by atoms with E-state index in [0.29, 0.717) is 32.3 Å². The number of aryl methyl sites for hydroxylation is 6. The van der Waals surface area contributed by atoms with Crippen molar-refractivity contribution < 1.29 is 86.3 Å². The number of hydrogen-bond acceptors (Lipinski definition) is 31. The zero-order chi connectivity index (χ0) is 92.9. The van der Waals surface area contributed by atoms with Crippen LogP contribution in [-0.2, 0) is 126 Å². The summed E-state index contributed by atoms with van der Waals surface area (Å²) < 4.78 is 3.47. The van der Waals surface area contributed by atoms with Crippen molar-refractivity contribution in [2.75, 3.05) is 90.8 Å². The Labute approximate surface area is 699 Å². The number of rotatable bonds is 13. The number of carbonyl (C=O) groups excluding carboxylic acids is 18. The lowest BCUT2D eigenvalue weighted by molar-refractivity contribution is -0.150. The Morgan fingerprint density at radius 2 is 0.488 bits per heavy atom. The van der Waals surface area contributed by atoms with Gasteiger partial charge in [-0.25, -0.2) is 28.8 Å². The smallest absolute Gasteiger partial charge is 0.328 e. The van der Waals surface area contributed by atoms with Crippen molar-refractivity contribution in [1.82, 2.24) is 124 Å². The predicted molar refractivity (Wildman–Crippen MR) is 420 cm³/mol. The van der Waals surface area contributed by atoms with Gasteiger partial charge in [-0.05, 0) is 41.5 Å². The summed E-state index contributed by atoms with van der Waals surface area (Å²) in [7, 11) is 0. The maximum atomic E-state index is 14.2. The number of nitrogens with one attached hydrogen (secondary N) is 13. The fourth-order valence-corrected chi connectivity index (χ4v) is 11.3. The highest BCUT2D eigenvalue weighted by Crippen LogP contribution is 2.06. The molecular weight excluding hydrogens is 1690 g/mol. The van der Waals surface area contributed by atoms with Crippen molar-refractivity contribution in [3.8, 4) is 0 Å². The van der Waals surface area contributed by atoms with Crippen LogP contribution in [0.15, 0.2) is 94.7 Å². The number of H-pyrrole nitrogens is 6. The van der Waals surface area contributed by atoms with Gasteiger partial charge in [0.15, 0.2) is 0 Å². The molecule has 0 bridgehead atoms. The van der Waals surface area contributed by atoms with Crippen molar-refractivity contribution in [3.63, 3.8) is 0 Å². The maximum absolute atomic E-state index is 14.2. The van der Waals surface area contributed by atoms with Crippen molar-refractivity contribution >= 4 is 119 Å². The molecule has 0 unspecified atom stereocenters. The standard InChI is InChI=1S/C69H79N25O30S/c1-33-14-84(64(119)77-57(33)112)26-51(106)83-8-7-70-63(118)39(32-125)76-45(100)25-94(56(111)31-89-19-38(6)62(117)82-69(89)124)50(105)13-75-44(99)24-93(55(110)30-88-18-37(5)61(116)81-68(88)123)49(104)12-74-43(98)23-92(54(109)29-87-17-36(4)60(115)80-67(87)122)48(103)11-73-42(97)22-91(53(108)28-86-16-35(3)59(114)79-66(86)121)47(102)10-72-41(96)21-90(46(101)9-71-40(95)20-83)52(107)27-85-15-34(2)58(113)78-65(85)120/h14-19,39,125H,7-13,20-32H2,1-6H3,(H,70,118)(H,71,95)(H,72,96)(H,73,97)(H,74,98)(H,75,99)(H,76,100)(H,77,112,119)(H,78,113,120)(H,79,114,121)(H,80,115,122)(H,81,116,123)(H,82,117,124)/t39-/m0/s1. The molecule has 0 saturated carbocycles. The molecule has 55 nitrogen and oxygen atoms in total. The molecule has 7 heterocycles. The molecule has 666 valence electrons. The SMILES string of the molecule is Cc1cn(CC(=O)N2CCNC(=O)[C@H](CS)NC(=O)CN(C(=O)Cn3cc(C)c(=O)[nH]c3=O)C(=O)CNC(=O)CN(C(=O)Cn3cc(C)c(=O)[nH]c3=O)C(=O)CNC(=O)CN(C(=O)Cn3cc(C)c(=O)[nH]c3=O)C(=O)CNC(=O)CN(C(=O)Cn3cc(C)c(=O)[nH]c3=O)C(=O)CNC(=O)CN(C(=O)Cn3cc(C)c(=O)[nH]c3=O)C(=O)CNC(=O)C2)c(=O)[nH]c1=O. The Morgan fingerprint density at radius 3 is 0.704 bits per heavy atom. The van der Waals surface area contributed by atoms with E-state index in [-0.39, 0.29) is 57.9 Å². The summed E-state index contributed by atoms with van der Waals surface area (Å²) in [6, 6.07) is -1.78. The number of amides is 18. The molecule has 6 aromatic heterocycles. The minimum absolute atomic E-state index is 0.0281. The number of nitrogens with zero attached hydrogens (tertiary/aromatic N) is 12. The van der Waals surface area contributed by atoms with E-state index in [1.165, 1.54) is 41.5 Å². The summed E-state index contributed by atoms with van der Waals surface area (Å²) in [5, 5.41) is 14.5. The van der Waals surface area contributed by atoms with Crippen LogP contribution >= 0.6 is 12.6 Å². The molecule has 1 atom stereocenters. The molecule has 13 N–H and O–H groups in total. The molecule has 56 heteroatoms. The molecule has 0 aromatic carbocycles. The Morgan fingerprint density at radius 1 is 0.288 bits per heavy atom. The number of thiol groups is 1. The van der Waals surface area contributed by atoms with E-state index in [1.807, 2.05) is 51.2 Å². The van der Waals surface area contributed by atoms with Crippen LogP contribution in [0.3, 0.4) is 0 Å². The van der Waals surface area contributed by atoms with Crippen LogP contribution in [0.5, 0.6) is 0 Å². The van der Waals surface area contributed by atoms with Crippen LogP contribution in [0.25, 0.3) is 0 Å². The number of aromatic amines is 6. The van der Waals surface area contributed by atoms with Crippen molar-refractivity contribution in [1.29, 1.82) is 0 Å². The molecule has 7 rings (SSSR count). The van der Waals surface area contributed by atoms with Crippen LogP contribution in [0, 0.1) is 41.5 Å². The van der Waals surface area contributed by atoms with Gasteiger partial charge in [0.25, 0.3) is 33.4 Å². The number of imide groups is 5. The Kier molecular flexibility index (Phi) is 32.8. The van der Waals surface area contributed by atoms with Gasteiger partial charge in [-0.3, -0.25) is 197 Å². The topological polar surface area (TPSA) is 740 Å². The number of aromatic nitrogens is 12. The average Bonchev–Trinajstić information content (AvgIpc) is 0.850. The molecular formula is C69H79N25O30S. The molecule has 0 aliphatic carbocycles. The van der Waals surface area contributed by atoms with Gasteiger partial charge in [-0.15, -0.1) is 0 Å². The lowest BCUT2D eigenvalue weighted by Crippen LogP contribution is -2.55. The van der Waals surface area contributed by atoms with E-state index in [4.69, 9.17) is 0 Å². The first-order valence-corrected chi connectivity index (χ1v) is 37.1. The van der Waals surface area contributed by atoms with Gasteiger partial charge in [-0.2, -0.15) is 12.6 Å². The number of carbonyl (C=O) groups is 18. The normalized spacial score (nSPS) is 15.8. The van der Waals surface area contributed by atoms with Crippen LogP contribution in [0.4, 0.5) is 0 Å². The monoisotopic (exact) mass is 1770 g/mol. The van der Waals surface area contributed by atoms with Crippen LogP contribution < -0.4 is 105 Å². The van der Waals surface area contributed by atoms with E-state index in [2.05, 4.69) is 28.6 Å². The van der Waals surface area contributed by atoms with Crippen molar-refractivity contribution in [2.45, 2.75) is 86.9 Å². The van der Waals surface area contributed by atoms with Gasteiger partial charge in [0.1, 0.15) is 78.0 Å². The highest BCUT2D eigenvalue weighted by atomic mass is 32.1. The van der Waals surface area contributed by atoms with Crippen molar-refractivity contribution in [3.05, 3.63) is 196 Å². The van der Waals surface area contributed by atoms with Gasteiger partial charge in [-0.1, -0.05) is 0 Å². The Balaban J connectivity index is 1.28. The third-order valence-electron chi connectivity index (χ3n) is 17.9. The molecule has 125 heavy (non-hydrogen) atoms. The van der Waals surface area contributed by atoms with Crippen LogP contribution in [0.1, 0.15) is 33.4 Å². The minimum atomic E-state index is -1.78. The Bertz CT molecular complexity index is 6230. The highest BCUT2D eigenvalue weighted by molar-refractivity contribution is 7.80. The molecule has 0 spiro atoms. The first-order chi connectivity index (χ1) is 58.7. The predicted octanol–water partition coefficient (Wildman–Crippen LogP) is -16.1. The van der Waals surface area contributed by atoms with E-state index in [0.717, 1.165) is 37.2 Å². The molecule has 1 fully saturated rings. The van der Waals surface area contributed by atoms with Gasteiger partial charge in [0.05, 0.1) is 39.3 Å². The molecule has 1 aliphatic rings. The molecule has 0 radical (unpaired) electrons. The van der Waals surface area contributed by atoms with E-state index < -0.39 is 310 Å². The third kappa shape index (κ3) is 26.7. The minimum Gasteiger partial charge on any atom is -0.353 e. The second-order valence-corrected chi connectivity index (χ2v) is 27.7. The lowest BCUT2D eigenvalue weighted by atomic mass is 10.3. The highest BCUT2D eigenvalue weighted by Gasteiger charge is 2.35. The summed E-state index contributed by atoms with van der Waals surface area (Å²) >= 11 is 4.11. The van der Waals surface area contributed by atoms with E-state index in [9.17, 15) is 144 Å². The first-order valence-electron chi connectivity index (χ1n) is 36.5. The van der Waals surface area contributed by atoms with E-state index >= 15 is 0 Å². The van der Waals surface area contributed by atoms with Gasteiger partial charge in [0.2, 0.25) is 106 Å². The molecule has 1 saturated heterocycles. The quantitative estimate of drug-likeness (QED) is 0.0478. The molecule has 1 aliphatic heterocycles. The van der Waals surface area contributed by atoms with Gasteiger partial charge >= 0.3 is 34.1 Å². The average molecular weight is 1770 g/mol. The van der Waals surface area contributed by atoms with E-state index in [1.54, 1.807) is 0 Å². The third-order valence-corrected chi connectivity index (χ3v) is 18.2. The lowest BCUT2D eigenvalue weighted by Gasteiger charge is -2.25. The zero-order valence-corrected chi connectivity index (χ0v) is 67.6. The second-order valence-electron chi connectivity index (χ2n) is 27.4. The number of hydrogen-bond donors (Lipinski definition) is 14. The Hall–Kier alpha value is -16.1. The van der Waals surface area contributed by atoms with Crippen molar-refractivity contribution in [2.24, 2.45) is 0 Å². The van der Waals surface area contributed by atoms with Crippen LogP contribution in [-0.4, -0.2) is 290 Å². The fourth-order valence-electron chi connectivity index (χ4n) is 11.1. The van der Waals surface area contributed by atoms with Crippen LogP contribution in [0.2, 0.25) is 0 Å². The van der Waals surface area contributed by atoms with Gasteiger partial charge in [0, 0.05) is 89.4 Å². The maximum Gasteiger partial charge on any atom is 0.328 e. The summed E-state index contributed by atoms with van der Waals surface area (Å²) in [6.07, 6.45) is 5.23. The second kappa shape index (κ2) is 42.7. The summed E-state index contributed by atoms with van der Waals surface area (Å²) in [5.41, 5.74) is -13.9. The molecule has 6 aromatic rings. The first kappa shape index (κ1) is 96.0. The molecule has 18 amide bonds. The summed E-state index contributed by atoms with van der Waals surface area (Å²) in [6.45, 7) is -16.7. The fraction of sp³-hybridized carbons (Fsp3) is 0.391. The summed E-state index contributed by atoms with van der Waals surface area (Å²) in [4.78, 5) is 417. The zero-order valence-electron chi connectivity index (χ0n) is 66.7. The van der Waals surface area contributed by atoms with Gasteiger partial charge < -0.3 is 42.1 Å².